The van der Waals surface area contributed by atoms with Gasteiger partial charge in [-0.2, -0.15) is 18.2 Å². The summed E-state index contributed by atoms with van der Waals surface area (Å²) in [5.74, 6) is -1.54. The SMILES string of the molecule is Cl.NC1(c2noc(-c3cccc(C(F)(F)F)c3F)n2)CCC1. The van der Waals surface area contributed by atoms with Crippen molar-refractivity contribution in [2.75, 3.05) is 0 Å². The fourth-order valence-electron chi connectivity index (χ4n) is 2.23. The molecule has 9 heteroatoms. The van der Waals surface area contributed by atoms with Gasteiger partial charge in [-0.05, 0) is 31.4 Å². The molecule has 1 aromatic heterocycles. The minimum absolute atomic E-state index is 0. The van der Waals surface area contributed by atoms with E-state index in [1.165, 1.54) is 0 Å². The molecule has 120 valence electrons. The summed E-state index contributed by atoms with van der Waals surface area (Å²) in [6.45, 7) is 0. The first kappa shape index (κ1) is 16.7. The predicted molar refractivity (Wildman–Crippen MR) is 71.7 cm³/mol. The second-order valence-corrected chi connectivity index (χ2v) is 5.10. The second-order valence-electron chi connectivity index (χ2n) is 5.10. The highest BCUT2D eigenvalue weighted by molar-refractivity contribution is 5.85. The van der Waals surface area contributed by atoms with Gasteiger partial charge in [0.1, 0.15) is 5.82 Å². The van der Waals surface area contributed by atoms with Gasteiger partial charge in [-0.1, -0.05) is 11.2 Å². The minimum Gasteiger partial charge on any atom is -0.334 e. The van der Waals surface area contributed by atoms with Crippen LogP contribution >= 0.6 is 12.4 Å². The van der Waals surface area contributed by atoms with Crippen LogP contribution in [-0.4, -0.2) is 10.1 Å². The molecule has 1 heterocycles. The predicted octanol–water partition coefficient (Wildman–Crippen LogP) is 3.65. The van der Waals surface area contributed by atoms with Crippen molar-refractivity contribution in [2.45, 2.75) is 31.0 Å². The molecule has 22 heavy (non-hydrogen) atoms. The summed E-state index contributed by atoms with van der Waals surface area (Å²) in [4.78, 5) is 3.95. The van der Waals surface area contributed by atoms with Crippen molar-refractivity contribution in [3.8, 4) is 11.5 Å². The molecule has 0 atom stereocenters. The number of hydrogen-bond acceptors (Lipinski definition) is 4. The Bertz CT molecular complexity index is 682. The first-order chi connectivity index (χ1) is 9.81. The summed E-state index contributed by atoms with van der Waals surface area (Å²) in [5, 5.41) is 3.66. The van der Waals surface area contributed by atoms with E-state index in [1.807, 2.05) is 0 Å². The van der Waals surface area contributed by atoms with Crippen LogP contribution in [0.15, 0.2) is 22.7 Å². The molecule has 1 aliphatic carbocycles. The summed E-state index contributed by atoms with van der Waals surface area (Å²) in [6, 6.07) is 2.91. The van der Waals surface area contributed by atoms with Gasteiger partial charge in [0.05, 0.1) is 16.7 Å². The molecule has 4 nitrogen and oxygen atoms in total. The van der Waals surface area contributed by atoms with E-state index in [1.54, 1.807) is 0 Å². The zero-order valence-electron chi connectivity index (χ0n) is 11.2. The van der Waals surface area contributed by atoms with Crippen molar-refractivity contribution >= 4 is 12.4 Å². The molecule has 1 aromatic carbocycles. The Morgan fingerprint density at radius 3 is 2.45 bits per heavy atom. The van der Waals surface area contributed by atoms with E-state index < -0.39 is 23.1 Å². The van der Waals surface area contributed by atoms with Crippen molar-refractivity contribution < 1.29 is 22.1 Å². The minimum atomic E-state index is -4.79. The van der Waals surface area contributed by atoms with Crippen LogP contribution in [0.25, 0.3) is 11.5 Å². The lowest BCUT2D eigenvalue weighted by Crippen LogP contribution is -2.44. The Hall–Kier alpha value is -1.67. The normalized spacial score (nSPS) is 16.8. The summed E-state index contributed by atoms with van der Waals surface area (Å²) in [5.41, 5.74) is 3.52. The number of nitrogens with two attached hydrogens (primary N) is 1. The van der Waals surface area contributed by atoms with Crippen molar-refractivity contribution in [3.05, 3.63) is 35.4 Å². The van der Waals surface area contributed by atoms with Crippen LogP contribution in [-0.2, 0) is 11.7 Å². The maximum Gasteiger partial charge on any atom is 0.419 e. The van der Waals surface area contributed by atoms with Crippen molar-refractivity contribution in [2.24, 2.45) is 5.73 Å². The summed E-state index contributed by atoms with van der Waals surface area (Å²) < 4.78 is 56.9. The van der Waals surface area contributed by atoms with Crippen molar-refractivity contribution in [1.29, 1.82) is 0 Å². The lowest BCUT2D eigenvalue weighted by Gasteiger charge is -2.34. The molecular weight excluding hydrogens is 326 g/mol. The summed E-state index contributed by atoms with van der Waals surface area (Å²) >= 11 is 0. The van der Waals surface area contributed by atoms with E-state index in [9.17, 15) is 17.6 Å². The quantitative estimate of drug-likeness (QED) is 0.849. The Balaban J connectivity index is 0.00000176. The first-order valence-electron chi connectivity index (χ1n) is 6.30. The Morgan fingerprint density at radius 1 is 1.23 bits per heavy atom. The average molecular weight is 338 g/mol. The molecule has 1 saturated carbocycles. The van der Waals surface area contributed by atoms with Gasteiger partial charge in [-0.15, -0.1) is 12.4 Å². The van der Waals surface area contributed by atoms with Gasteiger partial charge in [0, 0.05) is 0 Å². The Morgan fingerprint density at radius 2 is 1.91 bits per heavy atom. The molecule has 2 N–H and O–H groups in total. The fourth-order valence-corrected chi connectivity index (χ4v) is 2.23. The lowest BCUT2D eigenvalue weighted by molar-refractivity contribution is -0.139. The van der Waals surface area contributed by atoms with Crippen LogP contribution in [0.3, 0.4) is 0 Å². The molecule has 0 amide bonds. The lowest BCUT2D eigenvalue weighted by atomic mass is 9.77. The molecule has 1 aliphatic rings. The van der Waals surface area contributed by atoms with Crippen LogP contribution in [0, 0.1) is 5.82 Å². The Labute approximate surface area is 129 Å². The van der Waals surface area contributed by atoms with Gasteiger partial charge in [0.25, 0.3) is 5.89 Å². The molecule has 0 unspecified atom stereocenters. The number of benzene rings is 1. The standard InChI is InChI=1S/C13H11F4N3O.ClH/c14-9-7(3-1-4-8(9)13(15,16)17)10-19-11(20-21-10)12(18)5-2-6-12;/h1,3-4H,2,5-6,18H2;1H. The average Bonchev–Trinajstić information content (AvgIpc) is 2.84. The van der Waals surface area contributed by atoms with Crippen LogP contribution in [0.4, 0.5) is 17.6 Å². The molecule has 0 aliphatic heterocycles. The van der Waals surface area contributed by atoms with E-state index in [2.05, 4.69) is 10.1 Å². The van der Waals surface area contributed by atoms with E-state index >= 15 is 0 Å². The van der Waals surface area contributed by atoms with Gasteiger partial charge >= 0.3 is 6.18 Å². The molecule has 0 radical (unpaired) electrons. The Kier molecular flexibility index (Phi) is 4.18. The summed E-state index contributed by atoms with van der Waals surface area (Å²) in [6.07, 6.45) is -2.54. The third kappa shape index (κ3) is 2.68. The molecule has 2 aromatic rings. The topological polar surface area (TPSA) is 64.9 Å². The molecule has 3 rings (SSSR count). The number of rotatable bonds is 2. The number of hydrogen-bond donors (Lipinski definition) is 1. The van der Waals surface area contributed by atoms with Crippen molar-refractivity contribution in [1.82, 2.24) is 10.1 Å². The van der Waals surface area contributed by atoms with E-state index in [0.29, 0.717) is 18.9 Å². The zero-order chi connectivity index (χ0) is 15.3. The van der Waals surface area contributed by atoms with Crippen molar-refractivity contribution in [3.63, 3.8) is 0 Å². The van der Waals surface area contributed by atoms with Gasteiger partial charge in [0.15, 0.2) is 5.82 Å². The smallest absolute Gasteiger partial charge is 0.334 e. The summed E-state index contributed by atoms with van der Waals surface area (Å²) in [7, 11) is 0. The molecular formula is C13H12ClF4N3O. The van der Waals surface area contributed by atoms with Gasteiger partial charge in [-0.25, -0.2) is 4.39 Å². The van der Waals surface area contributed by atoms with Crippen LogP contribution in [0.2, 0.25) is 0 Å². The maximum absolute atomic E-state index is 14.0. The van der Waals surface area contributed by atoms with E-state index in [4.69, 9.17) is 10.3 Å². The third-order valence-corrected chi connectivity index (χ3v) is 3.65. The van der Waals surface area contributed by atoms with Gasteiger partial charge < -0.3 is 10.3 Å². The van der Waals surface area contributed by atoms with Crippen LogP contribution in [0.5, 0.6) is 0 Å². The fraction of sp³-hybridized carbons (Fsp3) is 0.385. The monoisotopic (exact) mass is 337 g/mol. The number of aromatic nitrogens is 2. The van der Waals surface area contributed by atoms with E-state index in [-0.39, 0.29) is 29.7 Å². The first-order valence-corrected chi connectivity index (χ1v) is 6.30. The highest BCUT2D eigenvalue weighted by atomic mass is 35.5. The number of nitrogens with zero attached hydrogens (tertiary/aromatic N) is 2. The second kappa shape index (κ2) is 5.51. The third-order valence-electron chi connectivity index (χ3n) is 3.65. The number of alkyl halides is 3. The largest absolute Gasteiger partial charge is 0.419 e. The molecule has 0 bridgehead atoms. The highest BCUT2D eigenvalue weighted by Crippen LogP contribution is 2.39. The highest BCUT2D eigenvalue weighted by Gasteiger charge is 2.40. The molecule has 1 fully saturated rings. The van der Waals surface area contributed by atoms with Gasteiger partial charge in [0.2, 0.25) is 0 Å². The van der Waals surface area contributed by atoms with Crippen LogP contribution in [0.1, 0.15) is 30.7 Å². The van der Waals surface area contributed by atoms with E-state index in [0.717, 1.165) is 18.6 Å². The zero-order valence-corrected chi connectivity index (χ0v) is 12.0. The molecule has 0 spiro atoms. The molecule has 0 saturated heterocycles. The number of halogens is 5. The maximum atomic E-state index is 14.0. The van der Waals surface area contributed by atoms with Crippen LogP contribution < -0.4 is 5.73 Å². The van der Waals surface area contributed by atoms with Gasteiger partial charge in [-0.3, -0.25) is 0 Å².